The Kier molecular flexibility index (Phi) is 6.91. The molecule has 3 aromatic rings. The maximum atomic E-state index is 12.1. The Morgan fingerprint density at radius 2 is 1.97 bits per heavy atom. The first-order valence-corrected chi connectivity index (χ1v) is 10.2. The molecular formula is C20H20N6O3S. The third-order valence-corrected chi connectivity index (χ3v) is 5.17. The largest absolute Gasteiger partial charge is 0.302 e. The number of para-hydroxylation sites is 1. The molecule has 0 aliphatic rings. The number of amides is 1. The van der Waals surface area contributed by atoms with Crippen LogP contribution in [0.3, 0.4) is 0 Å². The number of aromatic nitrogens is 3. The highest BCUT2D eigenvalue weighted by Gasteiger charge is 2.14. The van der Waals surface area contributed by atoms with Gasteiger partial charge in [0.2, 0.25) is 0 Å². The lowest BCUT2D eigenvalue weighted by molar-refractivity contribution is -0.385. The highest BCUT2D eigenvalue weighted by molar-refractivity contribution is 7.99. The number of carbonyl (C=O) groups excluding carboxylic acids is 1. The topological polar surface area (TPSA) is 115 Å². The molecule has 0 saturated carbocycles. The minimum absolute atomic E-state index is 0.0791. The van der Waals surface area contributed by atoms with Crippen molar-refractivity contribution < 1.29 is 9.72 Å². The number of nitrogens with zero attached hydrogens (tertiary/aromatic N) is 5. The lowest BCUT2D eigenvalue weighted by atomic mass is 10.1. The van der Waals surface area contributed by atoms with Gasteiger partial charge in [-0.3, -0.25) is 14.9 Å². The predicted octanol–water partition coefficient (Wildman–Crippen LogP) is 3.42. The van der Waals surface area contributed by atoms with Gasteiger partial charge in [-0.15, -0.1) is 10.2 Å². The van der Waals surface area contributed by atoms with E-state index in [1.54, 1.807) is 18.2 Å². The van der Waals surface area contributed by atoms with Gasteiger partial charge in [-0.05, 0) is 19.9 Å². The Morgan fingerprint density at radius 3 is 2.67 bits per heavy atom. The molecule has 0 aliphatic heterocycles. The molecule has 0 radical (unpaired) electrons. The molecule has 1 aromatic heterocycles. The van der Waals surface area contributed by atoms with Crippen LogP contribution in [0.5, 0.6) is 0 Å². The van der Waals surface area contributed by atoms with Crippen molar-refractivity contribution in [3.8, 4) is 11.4 Å². The highest BCUT2D eigenvalue weighted by atomic mass is 32.2. The van der Waals surface area contributed by atoms with E-state index in [0.29, 0.717) is 17.3 Å². The molecule has 3 rings (SSSR count). The Labute approximate surface area is 177 Å². The summed E-state index contributed by atoms with van der Waals surface area (Å²) in [5.74, 6) is 0.479. The normalized spacial score (nSPS) is 11.0. The van der Waals surface area contributed by atoms with Crippen LogP contribution in [0.1, 0.15) is 18.1 Å². The zero-order chi connectivity index (χ0) is 21.5. The number of thioether (sulfide) groups is 1. The molecule has 0 fully saturated rings. The quantitative estimate of drug-likeness (QED) is 0.256. The van der Waals surface area contributed by atoms with Crippen LogP contribution in [0.2, 0.25) is 0 Å². The van der Waals surface area contributed by atoms with Crippen LogP contribution in [-0.4, -0.2) is 37.6 Å². The molecular weight excluding hydrogens is 404 g/mol. The molecule has 154 valence electrons. The van der Waals surface area contributed by atoms with E-state index in [-0.39, 0.29) is 17.3 Å². The zero-order valence-corrected chi connectivity index (χ0v) is 17.3. The number of rotatable bonds is 8. The van der Waals surface area contributed by atoms with Crippen molar-refractivity contribution in [3.63, 3.8) is 0 Å². The molecule has 1 N–H and O–H groups in total. The van der Waals surface area contributed by atoms with Crippen molar-refractivity contribution in [3.05, 3.63) is 69.8 Å². The fourth-order valence-electron chi connectivity index (χ4n) is 2.70. The first-order valence-electron chi connectivity index (χ1n) is 9.18. The lowest BCUT2D eigenvalue weighted by Crippen LogP contribution is -2.20. The molecule has 1 amide bonds. The maximum absolute atomic E-state index is 12.1. The number of carbonyl (C=O) groups is 1. The summed E-state index contributed by atoms with van der Waals surface area (Å²) < 4.78 is 1.94. The third kappa shape index (κ3) is 5.09. The molecule has 30 heavy (non-hydrogen) atoms. The van der Waals surface area contributed by atoms with Crippen LogP contribution in [0, 0.1) is 17.0 Å². The summed E-state index contributed by atoms with van der Waals surface area (Å²) >= 11 is 1.25. The van der Waals surface area contributed by atoms with Crippen molar-refractivity contribution in [2.45, 2.75) is 25.5 Å². The summed E-state index contributed by atoms with van der Waals surface area (Å²) in [6.07, 6.45) is 1.25. The number of nitro benzene ring substituents is 1. The van der Waals surface area contributed by atoms with Gasteiger partial charge in [0.05, 0.1) is 22.5 Å². The summed E-state index contributed by atoms with van der Waals surface area (Å²) in [6.45, 7) is 4.67. The number of hydrogen-bond acceptors (Lipinski definition) is 7. The molecule has 0 atom stereocenters. The average molecular weight is 424 g/mol. The Morgan fingerprint density at radius 1 is 1.23 bits per heavy atom. The van der Waals surface area contributed by atoms with Crippen molar-refractivity contribution in [1.29, 1.82) is 0 Å². The van der Waals surface area contributed by atoms with Crippen LogP contribution in [0.4, 0.5) is 5.69 Å². The van der Waals surface area contributed by atoms with Gasteiger partial charge in [0.15, 0.2) is 11.0 Å². The van der Waals surface area contributed by atoms with Gasteiger partial charge in [0.25, 0.3) is 11.6 Å². The fourth-order valence-corrected chi connectivity index (χ4v) is 3.49. The number of benzene rings is 2. The third-order valence-electron chi connectivity index (χ3n) is 4.20. The molecule has 0 spiro atoms. The van der Waals surface area contributed by atoms with E-state index in [0.717, 1.165) is 17.0 Å². The number of nitro groups is 1. The molecule has 9 nitrogen and oxygen atoms in total. The van der Waals surface area contributed by atoms with Crippen molar-refractivity contribution in [1.82, 2.24) is 20.2 Å². The van der Waals surface area contributed by atoms with E-state index < -0.39 is 4.92 Å². The minimum atomic E-state index is -0.498. The van der Waals surface area contributed by atoms with Gasteiger partial charge in [-0.1, -0.05) is 53.7 Å². The van der Waals surface area contributed by atoms with E-state index in [4.69, 9.17) is 0 Å². The summed E-state index contributed by atoms with van der Waals surface area (Å²) in [5, 5.41) is 23.9. The Hall–Kier alpha value is -3.53. The van der Waals surface area contributed by atoms with Gasteiger partial charge in [-0.25, -0.2) is 5.43 Å². The summed E-state index contributed by atoms with van der Waals surface area (Å²) in [6, 6.07) is 14.2. The summed E-state index contributed by atoms with van der Waals surface area (Å²) in [5.41, 5.74) is 4.73. The first-order chi connectivity index (χ1) is 14.5. The van der Waals surface area contributed by atoms with Crippen molar-refractivity contribution in [2.24, 2.45) is 5.10 Å². The predicted molar refractivity (Wildman–Crippen MR) is 115 cm³/mol. The molecule has 1 heterocycles. The first kappa shape index (κ1) is 21.2. The van der Waals surface area contributed by atoms with Gasteiger partial charge >= 0.3 is 0 Å². The molecule has 0 saturated heterocycles. The van der Waals surface area contributed by atoms with E-state index in [9.17, 15) is 14.9 Å². The fraction of sp³-hybridized carbons (Fsp3) is 0.200. The summed E-state index contributed by atoms with van der Waals surface area (Å²) in [4.78, 5) is 22.6. The second-order valence-corrected chi connectivity index (χ2v) is 7.26. The van der Waals surface area contributed by atoms with Crippen LogP contribution in [-0.2, 0) is 11.3 Å². The SMILES string of the molecule is CCn1c(SCC(=O)N/N=C/c2ccccc2[N+](=O)[O-])nnc1-c1ccc(C)cc1. The maximum Gasteiger partial charge on any atom is 0.278 e. The highest BCUT2D eigenvalue weighted by Crippen LogP contribution is 2.24. The number of hydrogen-bond donors (Lipinski definition) is 1. The van der Waals surface area contributed by atoms with Gasteiger partial charge < -0.3 is 4.57 Å². The van der Waals surface area contributed by atoms with Crippen LogP contribution in [0.15, 0.2) is 58.8 Å². The average Bonchev–Trinajstić information content (AvgIpc) is 3.16. The second-order valence-electron chi connectivity index (χ2n) is 6.31. The monoisotopic (exact) mass is 424 g/mol. The Balaban J connectivity index is 1.61. The summed E-state index contributed by atoms with van der Waals surface area (Å²) in [7, 11) is 0. The molecule has 10 heteroatoms. The Bertz CT molecular complexity index is 1080. The van der Waals surface area contributed by atoms with Crippen LogP contribution < -0.4 is 5.43 Å². The van der Waals surface area contributed by atoms with Gasteiger partial charge in [0.1, 0.15) is 0 Å². The van der Waals surface area contributed by atoms with E-state index in [2.05, 4.69) is 20.7 Å². The minimum Gasteiger partial charge on any atom is -0.302 e. The van der Waals surface area contributed by atoms with Crippen LogP contribution >= 0.6 is 11.8 Å². The van der Waals surface area contributed by atoms with E-state index >= 15 is 0 Å². The lowest BCUT2D eigenvalue weighted by Gasteiger charge is -2.07. The standard InChI is InChI=1S/C20H20N6O3S/c1-3-25-19(15-10-8-14(2)9-11-15)23-24-20(25)30-13-18(27)22-21-12-16-6-4-5-7-17(16)26(28)29/h4-12H,3,13H2,1-2H3,(H,22,27)/b21-12+. The van der Waals surface area contributed by atoms with E-state index in [1.165, 1.54) is 24.0 Å². The van der Waals surface area contributed by atoms with Crippen molar-refractivity contribution in [2.75, 3.05) is 5.75 Å². The van der Waals surface area contributed by atoms with Crippen molar-refractivity contribution >= 4 is 29.6 Å². The molecule has 0 unspecified atom stereocenters. The zero-order valence-electron chi connectivity index (χ0n) is 16.5. The second kappa shape index (κ2) is 9.79. The molecule has 2 aromatic carbocycles. The van der Waals surface area contributed by atoms with Crippen LogP contribution in [0.25, 0.3) is 11.4 Å². The molecule has 0 aliphatic carbocycles. The number of aryl methyl sites for hydroxylation is 1. The smallest absolute Gasteiger partial charge is 0.278 e. The number of hydrazone groups is 1. The van der Waals surface area contributed by atoms with E-state index in [1.807, 2.05) is 42.7 Å². The molecule has 0 bridgehead atoms. The van der Waals surface area contributed by atoms with Gasteiger partial charge in [0, 0.05) is 18.2 Å². The number of nitrogens with one attached hydrogen (secondary N) is 1. The van der Waals surface area contributed by atoms with Gasteiger partial charge in [-0.2, -0.15) is 5.10 Å².